The number of carbonyl (C=O) groups excluding carboxylic acids is 2. The molecule has 1 aliphatic rings. The maximum Gasteiger partial charge on any atom is 0.247 e. The lowest BCUT2D eigenvalue weighted by Gasteiger charge is -2.26. The van der Waals surface area contributed by atoms with E-state index in [0.717, 1.165) is 46.4 Å². The molecular weight excluding hydrogens is 651 g/mol. The number of ether oxygens (including phenoxy) is 4. The van der Waals surface area contributed by atoms with Crippen LogP contribution in [-0.4, -0.2) is 76.5 Å². The molecule has 0 spiro atoms. The van der Waals surface area contributed by atoms with Crippen molar-refractivity contribution >= 4 is 46.3 Å². The monoisotopic (exact) mass is 696 g/mol. The number of allylic oxidation sites excluding steroid dienone is 1. The highest BCUT2D eigenvalue weighted by molar-refractivity contribution is 6.30. The van der Waals surface area contributed by atoms with Gasteiger partial charge in [-0.1, -0.05) is 74.0 Å². The molecule has 3 aromatic carbocycles. The Balaban J connectivity index is 0.000000270. The highest BCUT2D eigenvalue weighted by Gasteiger charge is 2.21. The molecule has 1 aliphatic heterocycles. The molecule has 1 heterocycles. The number of amides is 2. The average molecular weight is 698 g/mol. The lowest BCUT2D eigenvalue weighted by Crippen LogP contribution is -2.39. The average Bonchev–Trinajstić information content (AvgIpc) is 3.14. The number of methoxy groups -OCH3 is 2. The van der Waals surface area contributed by atoms with E-state index in [1.165, 1.54) is 0 Å². The van der Waals surface area contributed by atoms with Crippen molar-refractivity contribution in [1.29, 1.82) is 0 Å². The van der Waals surface area contributed by atoms with Crippen LogP contribution in [0.25, 0.3) is 5.57 Å². The molecule has 3 aromatic rings. The van der Waals surface area contributed by atoms with E-state index >= 15 is 0 Å². The number of benzene rings is 3. The van der Waals surface area contributed by atoms with Crippen molar-refractivity contribution in [3.8, 4) is 11.5 Å². The Labute approximate surface area is 294 Å². The van der Waals surface area contributed by atoms with Crippen LogP contribution in [-0.2, 0) is 31.9 Å². The number of para-hydroxylation sites is 1. The standard InChI is InChI=1S/C21H22ClNO4.C17H24ClNO2/c1-25-19-8-5-16(13-20(19)26-2)18(15-3-6-17(22)7-4-15)14-21(24)23-9-11-27-12-10-23;1-4-7-11-21-13-19(16(20)12-18)17-14(5-2)9-8-10-15(17)6-3/h3-8,13-14H,9-12H2,1-2H3;4,7-10H,5-6,11-13H2,1-3H3/b18-14+;7-4-. The summed E-state index contributed by atoms with van der Waals surface area (Å²) in [5.74, 6) is 1.02. The van der Waals surface area contributed by atoms with E-state index in [0.29, 0.717) is 49.4 Å². The Morgan fingerprint density at radius 2 is 1.54 bits per heavy atom. The van der Waals surface area contributed by atoms with Crippen LogP contribution in [0.5, 0.6) is 11.5 Å². The highest BCUT2D eigenvalue weighted by Crippen LogP contribution is 2.33. The second-order valence-corrected chi connectivity index (χ2v) is 11.4. The van der Waals surface area contributed by atoms with Gasteiger partial charge in [-0.3, -0.25) is 14.5 Å². The van der Waals surface area contributed by atoms with Crippen LogP contribution >= 0.6 is 23.2 Å². The van der Waals surface area contributed by atoms with Gasteiger partial charge in [-0.05, 0) is 71.9 Å². The van der Waals surface area contributed by atoms with Crippen LogP contribution in [0.4, 0.5) is 5.69 Å². The fraction of sp³-hybridized carbons (Fsp3) is 0.368. The predicted molar refractivity (Wildman–Crippen MR) is 195 cm³/mol. The Bertz CT molecular complexity index is 1510. The van der Waals surface area contributed by atoms with Crippen molar-refractivity contribution < 1.29 is 28.5 Å². The number of aryl methyl sites for hydroxylation is 2. The minimum Gasteiger partial charge on any atom is -0.493 e. The molecule has 4 rings (SSSR count). The summed E-state index contributed by atoms with van der Waals surface area (Å²) in [5.41, 5.74) is 5.78. The van der Waals surface area contributed by atoms with Gasteiger partial charge in [0.15, 0.2) is 11.5 Å². The summed E-state index contributed by atoms with van der Waals surface area (Å²) in [7, 11) is 3.18. The van der Waals surface area contributed by atoms with E-state index < -0.39 is 0 Å². The first-order valence-electron chi connectivity index (χ1n) is 16.0. The molecular formula is C38H46Cl2N2O6. The van der Waals surface area contributed by atoms with Gasteiger partial charge >= 0.3 is 0 Å². The molecule has 48 heavy (non-hydrogen) atoms. The van der Waals surface area contributed by atoms with Gasteiger partial charge in [0, 0.05) is 24.2 Å². The number of halogens is 2. The van der Waals surface area contributed by atoms with E-state index in [-0.39, 0.29) is 24.4 Å². The molecule has 1 fully saturated rings. The van der Waals surface area contributed by atoms with Crippen molar-refractivity contribution in [2.45, 2.75) is 33.6 Å². The van der Waals surface area contributed by atoms with E-state index in [4.69, 9.17) is 42.1 Å². The molecule has 0 saturated carbocycles. The van der Waals surface area contributed by atoms with Gasteiger partial charge in [0.25, 0.3) is 0 Å². The van der Waals surface area contributed by atoms with Crippen molar-refractivity contribution in [3.63, 3.8) is 0 Å². The number of rotatable bonds is 13. The molecule has 0 unspecified atom stereocenters. The molecule has 0 atom stereocenters. The molecule has 1 saturated heterocycles. The molecule has 258 valence electrons. The van der Waals surface area contributed by atoms with Gasteiger partial charge in [0.1, 0.15) is 12.6 Å². The van der Waals surface area contributed by atoms with Crippen LogP contribution in [0.1, 0.15) is 43.0 Å². The van der Waals surface area contributed by atoms with Crippen molar-refractivity contribution in [3.05, 3.63) is 106 Å². The molecule has 0 aromatic heterocycles. The number of hydrogen-bond acceptors (Lipinski definition) is 6. The Hall–Kier alpha value is -3.82. The maximum atomic E-state index is 12.8. The van der Waals surface area contributed by atoms with Gasteiger partial charge in [-0.2, -0.15) is 0 Å². The summed E-state index contributed by atoms with van der Waals surface area (Å²) in [5, 5.41) is 0.643. The lowest BCUT2D eigenvalue weighted by atomic mass is 9.96. The van der Waals surface area contributed by atoms with E-state index in [1.807, 2.05) is 67.6 Å². The van der Waals surface area contributed by atoms with E-state index in [9.17, 15) is 9.59 Å². The SMILES string of the molecule is C/C=C\COCN(C(=O)CCl)c1c(CC)cccc1CC.COc1ccc(/C(=C/C(=O)N2CCOCC2)c2ccc(Cl)cc2)cc1OC. The summed E-state index contributed by atoms with van der Waals surface area (Å²) < 4.78 is 21.6. The van der Waals surface area contributed by atoms with Crippen molar-refractivity contribution in [2.24, 2.45) is 0 Å². The van der Waals surface area contributed by atoms with Gasteiger partial charge in [0.2, 0.25) is 11.8 Å². The summed E-state index contributed by atoms with van der Waals surface area (Å²) in [4.78, 5) is 28.5. The summed E-state index contributed by atoms with van der Waals surface area (Å²) in [6.45, 7) is 9.12. The fourth-order valence-corrected chi connectivity index (χ4v) is 5.44. The van der Waals surface area contributed by atoms with E-state index in [1.54, 1.807) is 30.1 Å². The quantitative estimate of drug-likeness (QED) is 0.0603. The summed E-state index contributed by atoms with van der Waals surface area (Å²) in [6, 6.07) is 19.2. The Kier molecular flexibility index (Phi) is 16.5. The van der Waals surface area contributed by atoms with Gasteiger partial charge in [0.05, 0.1) is 39.7 Å². The number of nitrogens with zero attached hydrogens (tertiary/aromatic N) is 2. The Morgan fingerprint density at radius 1 is 0.917 bits per heavy atom. The zero-order valence-electron chi connectivity index (χ0n) is 28.5. The van der Waals surface area contributed by atoms with Crippen LogP contribution < -0.4 is 14.4 Å². The lowest BCUT2D eigenvalue weighted by molar-refractivity contribution is -0.129. The molecule has 0 bridgehead atoms. The fourth-order valence-electron chi connectivity index (χ4n) is 5.17. The second-order valence-electron chi connectivity index (χ2n) is 10.7. The predicted octanol–water partition coefficient (Wildman–Crippen LogP) is 7.58. The maximum absolute atomic E-state index is 12.8. The zero-order valence-corrected chi connectivity index (χ0v) is 30.0. The minimum atomic E-state index is -0.132. The molecule has 10 heteroatoms. The van der Waals surface area contributed by atoms with Gasteiger partial charge in [-0.15, -0.1) is 11.6 Å². The number of carbonyl (C=O) groups is 2. The molecule has 0 aliphatic carbocycles. The summed E-state index contributed by atoms with van der Waals surface area (Å²) in [6.07, 6.45) is 7.23. The first-order valence-corrected chi connectivity index (χ1v) is 17.0. The molecule has 2 amide bonds. The third-order valence-corrected chi connectivity index (χ3v) is 8.24. The normalized spacial score (nSPS) is 13.1. The topological polar surface area (TPSA) is 77.5 Å². The van der Waals surface area contributed by atoms with E-state index in [2.05, 4.69) is 26.0 Å². The number of morpholine rings is 1. The third-order valence-electron chi connectivity index (χ3n) is 7.76. The highest BCUT2D eigenvalue weighted by atomic mass is 35.5. The molecule has 0 radical (unpaired) electrons. The van der Waals surface area contributed by atoms with Crippen LogP contribution in [0.3, 0.4) is 0 Å². The largest absolute Gasteiger partial charge is 0.493 e. The minimum absolute atomic E-state index is 0.0435. The first-order chi connectivity index (χ1) is 23.3. The number of alkyl halides is 1. The smallest absolute Gasteiger partial charge is 0.247 e. The molecule has 8 nitrogen and oxygen atoms in total. The molecule has 0 N–H and O–H groups in total. The van der Waals surface area contributed by atoms with Crippen molar-refractivity contribution in [1.82, 2.24) is 4.90 Å². The van der Waals surface area contributed by atoms with Crippen LogP contribution in [0.15, 0.2) is 78.9 Å². The van der Waals surface area contributed by atoms with Crippen LogP contribution in [0, 0.1) is 0 Å². The van der Waals surface area contributed by atoms with Crippen LogP contribution in [0.2, 0.25) is 5.02 Å². The summed E-state index contributed by atoms with van der Waals surface area (Å²) >= 11 is 11.8. The van der Waals surface area contributed by atoms with Crippen molar-refractivity contribution in [2.75, 3.05) is 64.6 Å². The number of hydrogen-bond donors (Lipinski definition) is 0. The van der Waals surface area contributed by atoms with Gasteiger partial charge in [-0.25, -0.2) is 0 Å². The van der Waals surface area contributed by atoms with Gasteiger partial charge < -0.3 is 23.8 Å². The zero-order chi connectivity index (χ0) is 34.9. The number of anilines is 1. The first kappa shape index (κ1) is 38.6. The second kappa shape index (κ2) is 20.5. The third kappa shape index (κ3) is 10.9. The Morgan fingerprint density at radius 3 is 2.10 bits per heavy atom.